The number of carbonyl (C=O) groups is 1. The molecular formula is C48H75ClN2O3. The number of nitrogens with one attached hydrogen (secondary N) is 2. The van der Waals surface area contributed by atoms with Crippen LogP contribution >= 0.6 is 11.6 Å². The van der Waals surface area contributed by atoms with Crippen LogP contribution in [0.4, 0.5) is 0 Å². The van der Waals surface area contributed by atoms with E-state index in [-0.39, 0.29) is 18.1 Å². The second-order valence-electron chi connectivity index (χ2n) is 15.8. The molecule has 3 aromatic rings. The highest BCUT2D eigenvalue weighted by molar-refractivity contribution is 6.32. The van der Waals surface area contributed by atoms with Gasteiger partial charge in [-0.1, -0.05) is 137 Å². The van der Waals surface area contributed by atoms with Crippen LogP contribution in [-0.4, -0.2) is 25.1 Å². The van der Waals surface area contributed by atoms with Crippen LogP contribution in [0.5, 0.6) is 11.5 Å². The largest absolute Gasteiger partial charge is 0.493 e. The molecule has 1 unspecified atom stereocenters. The number of hydrogen-bond acceptors (Lipinski definition) is 4. The molecule has 0 spiro atoms. The molecule has 2 atom stereocenters. The van der Waals surface area contributed by atoms with E-state index in [1.165, 1.54) is 58.2 Å². The average molecular weight is 764 g/mol. The number of aryl methyl sites for hydroxylation is 1. The molecule has 0 bridgehead atoms. The zero-order valence-electron chi connectivity index (χ0n) is 35.9. The van der Waals surface area contributed by atoms with Gasteiger partial charge in [-0.2, -0.15) is 0 Å². The highest BCUT2D eigenvalue weighted by atomic mass is 35.5. The molecule has 1 aliphatic carbocycles. The summed E-state index contributed by atoms with van der Waals surface area (Å²) >= 11 is 6.83. The number of halogens is 1. The lowest BCUT2D eigenvalue weighted by molar-refractivity contribution is -0.119. The summed E-state index contributed by atoms with van der Waals surface area (Å²) in [4.78, 5) is 11.5. The molecular weight excluding hydrogens is 688 g/mol. The Morgan fingerprint density at radius 2 is 1.50 bits per heavy atom. The summed E-state index contributed by atoms with van der Waals surface area (Å²) in [5.74, 6) is 3.62. The maximum Gasteiger partial charge on any atom is 0.220 e. The second kappa shape index (κ2) is 25.9. The summed E-state index contributed by atoms with van der Waals surface area (Å²) in [7, 11) is 0. The number of amides is 1. The second-order valence-corrected chi connectivity index (χ2v) is 16.2. The number of fused-ring (bicyclic) bond motifs is 1. The summed E-state index contributed by atoms with van der Waals surface area (Å²) in [5.41, 5.74) is 8.75. The number of rotatable bonds is 15. The van der Waals surface area contributed by atoms with Crippen LogP contribution in [-0.2, 0) is 24.2 Å². The van der Waals surface area contributed by atoms with E-state index in [9.17, 15) is 4.79 Å². The van der Waals surface area contributed by atoms with Crippen LogP contribution in [0.15, 0.2) is 48.5 Å². The van der Waals surface area contributed by atoms with Crippen molar-refractivity contribution in [3.05, 3.63) is 81.4 Å². The monoisotopic (exact) mass is 763 g/mol. The van der Waals surface area contributed by atoms with E-state index in [2.05, 4.69) is 135 Å². The molecule has 0 radical (unpaired) electrons. The first kappa shape index (κ1) is 47.1. The van der Waals surface area contributed by atoms with Gasteiger partial charge in [0.2, 0.25) is 5.91 Å². The van der Waals surface area contributed by atoms with Crippen LogP contribution in [0.3, 0.4) is 0 Å². The van der Waals surface area contributed by atoms with Gasteiger partial charge in [0.25, 0.3) is 0 Å². The molecule has 5 nitrogen and oxygen atoms in total. The van der Waals surface area contributed by atoms with Crippen molar-refractivity contribution in [3.63, 3.8) is 0 Å². The molecule has 0 saturated carbocycles. The molecule has 302 valence electrons. The van der Waals surface area contributed by atoms with E-state index >= 15 is 0 Å². The molecule has 54 heavy (non-hydrogen) atoms. The lowest BCUT2D eigenvalue weighted by Gasteiger charge is -2.20. The predicted octanol–water partition coefficient (Wildman–Crippen LogP) is 13.4. The highest BCUT2D eigenvalue weighted by Gasteiger charge is 2.28. The highest BCUT2D eigenvalue weighted by Crippen LogP contribution is 2.43. The van der Waals surface area contributed by atoms with E-state index in [0.29, 0.717) is 11.4 Å². The van der Waals surface area contributed by atoms with E-state index < -0.39 is 0 Å². The van der Waals surface area contributed by atoms with Gasteiger partial charge in [-0.15, -0.1) is 0 Å². The van der Waals surface area contributed by atoms with Crippen LogP contribution in [0.2, 0.25) is 5.02 Å². The molecule has 1 fully saturated rings. The Morgan fingerprint density at radius 1 is 0.833 bits per heavy atom. The van der Waals surface area contributed by atoms with Gasteiger partial charge in [-0.3, -0.25) is 4.79 Å². The fraction of sp³-hybridized carbons (Fsp3) is 0.604. The minimum absolute atomic E-state index is 0.0313. The Labute approximate surface area is 335 Å². The van der Waals surface area contributed by atoms with E-state index in [1.807, 2.05) is 0 Å². The zero-order valence-corrected chi connectivity index (χ0v) is 36.7. The number of unbranched alkanes of at least 4 members (excludes halogenated alkanes) is 1. The lowest BCUT2D eigenvalue weighted by atomic mass is 9.93. The Morgan fingerprint density at radius 3 is 2.09 bits per heavy atom. The van der Waals surface area contributed by atoms with Gasteiger partial charge in [0.1, 0.15) is 17.6 Å². The van der Waals surface area contributed by atoms with Gasteiger partial charge in [0, 0.05) is 25.6 Å². The third-order valence-electron chi connectivity index (χ3n) is 9.32. The maximum absolute atomic E-state index is 11.5. The Bertz CT molecular complexity index is 1510. The smallest absolute Gasteiger partial charge is 0.220 e. The van der Waals surface area contributed by atoms with Crippen LogP contribution in [0, 0.1) is 18.8 Å². The molecule has 5 rings (SSSR count). The molecule has 1 amide bonds. The van der Waals surface area contributed by atoms with Crippen molar-refractivity contribution in [2.24, 2.45) is 11.8 Å². The first-order valence-electron chi connectivity index (χ1n) is 21.3. The molecule has 2 aliphatic rings. The average Bonchev–Trinajstić information content (AvgIpc) is 3.73. The third-order valence-corrected chi connectivity index (χ3v) is 9.62. The predicted molar refractivity (Wildman–Crippen MR) is 233 cm³/mol. The normalized spacial score (nSPS) is 15.7. The SMILES string of the molecule is CC(C)CC(C)C.CCC.CCC.CCCCOc1cccc(-c2cccc3c2CC[C@@H]3Oc2cc(CCC)c(CNCC3CCC(=O)N3)cc2Cl)c1C. The first-order chi connectivity index (χ1) is 25.9. The minimum Gasteiger partial charge on any atom is -0.493 e. The fourth-order valence-electron chi connectivity index (χ4n) is 7.08. The Kier molecular flexibility index (Phi) is 22.6. The lowest BCUT2D eigenvalue weighted by Crippen LogP contribution is -2.35. The number of benzene rings is 3. The molecule has 1 heterocycles. The van der Waals surface area contributed by atoms with Crippen LogP contribution in [0.1, 0.15) is 161 Å². The van der Waals surface area contributed by atoms with Crippen LogP contribution in [0.25, 0.3) is 11.1 Å². The molecule has 2 N–H and O–H groups in total. The Balaban J connectivity index is 0.000000672. The molecule has 0 aromatic heterocycles. The summed E-state index contributed by atoms with van der Waals surface area (Å²) in [6, 6.07) is 17.4. The number of hydrogen-bond donors (Lipinski definition) is 2. The van der Waals surface area contributed by atoms with Crippen molar-refractivity contribution >= 4 is 17.5 Å². The van der Waals surface area contributed by atoms with Crippen molar-refractivity contribution in [1.82, 2.24) is 10.6 Å². The minimum atomic E-state index is -0.0313. The quantitative estimate of drug-likeness (QED) is 0.151. The van der Waals surface area contributed by atoms with Crippen molar-refractivity contribution in [2.75, 3.05) is 13.2 Å². The summed E-state index contributed by atoms with van der Waals surface area (Å²) in [6.07, 6.45) is 11.4. The van der Waals surface area contributed by atoms with Gasteiger partial charge in [0.05, 0.1) is 11.6 Å². The molecule has 1 saturated heterocycles. The van der Waals surface area contributed by atoms with Crippen molar-refractivity contribution in [1.29, 1.82) is 0 Å². The van der Waals surface area contributed by atoms with Gasteiger partial charge in [-0.05, 0) is 114 Å². The number of carbonyl (C=O) groups excluding carboxylic acids is 1. The topological polar surface area (TPSA) is 59.6 Å². The van der Waals surface area contributed by atoms with Gasteiger partial charge >= 0.3 is 0 Å². The summed E-state index contributed by atoms with van der Waals surface area (Å²) < 4.78 is 12.8. The Hall–Kier alpha value is -3.02. The zero-order chi connectivity index (χ0) is 40.0. The standard InChI is InChI=1S/C35H43ClN2O3.C7H16.2C3H8/c1-4-6-18-40-32-13-8-10-27(23(32)3)28-11-7-12-30-29(28)15-16-33(30)41-34-20-24(9-5-2)25(19-31(34)36)21-37-22-26-14-17-35(39)38-26;1-6(2)5-7(3)4;2*1-3-2/h7-8,10-13,19-20,26,33,37H,4-6,9,14-18,21-22H2,1-3H3,(H,38,39);6-7H,5H2,1-4H3;2*3H2,1-2H3/t26?,33-;;;/m0.../s1. The molecule has 1 aliphatic heterocycles. The van der Waals surface area contributed by atoms with E-state index in [1.54, 1.807) is 0 Å². The van der Waals surface area contributed by atoms with Crippen molar-refractivity contribution in [2.45, 2.75) is 165 Å². The maximum atomic E-state index is 11.5. The van der Waals surface area contributed by atoms with Crippen LogP contribution < -0.4 is 20.1 Å². The summed E-state index contributed by atoms with van der Waals surface area (Å²) in [5, 5.41) is 7.19. The van der Waals surface area contributed by atoms with Gasteiger partial charge < -0.3 is 20.1 Å². The van der Waals surface area contributed by atoms with Crippen molar-refractivity contribution < 1.29 is 14.3 Å². The molecule has 3 aromatic carbocycles. The third kappa shape index (κ3) is 15.6. The fourth-order valence-corrected chi connectivity index (χ4v) is 7.31. The number of ether oxygens (including phenoxy) is 2. The van der Waals surface area contributed by atoms with Gasteiger partial charge in [-0.25, -0.2) is 0 Å². The van der Waals surface area contributed by atoms with E-state index in [4.69, 9.17) is 21.1 Å². The molecule has 6 heteroatoms. The van der Waals surface area contributed by atoms with E-state index in [0.717, 1.165) is 88.0 Å². The summed E-state index contributed by atoms with van der Waals surface area (Å²) in [6.45, 7) is 26.3. The van der Waals surface area contributed by atoms with Crippen molar-refractivity contribution in [3.8, 4) is 22.6 Å². The first-order valence-corrected chi connectivity index (χ1v) is 21.6. The van der Waals surface area contributed by atoms with Gasteiger partial charge in [0.15, 0.2) is 0 Å².